The normalized spacial score (nSPS) is 25.6. The van der Waals surface area contributed by atoms with E-state index in [0.29, 0.717) is 38.6 Å². The summed E-state index contributed by atoms with van der Waals surface area (Å²) in [6.45, 7) is 5.09. The maximum absolute atomic E-state index is 13.8. The number of hydrogen-bond donors (Lipinski definition) is 16. The van der Waals surface area contributed by atoms with Crippen molar-refractivity contribution in [1.29, 1.82) is 0 Å². The SMILES string of the molecule is CC(=O)N[C@H]1[C@H](OCCOCCOCCOCC(=O)NCCCC[C@H](NC(=O)COCCOCCOCCO[C@@H]2O[C@H](CO)[C@H](O)[C@H](O)[C@H]2NC(C)=O)C(=O)NC(CCCCCNC(=O)COCCOCCOCCO[C@@H]2O[C@H](CCO)[C@H](O)[C@H](O)[C@H]2NC(C)=O)C(C)=O)O[C@H](CO)[C@H](O)[C@@H]1O. The van der Waals surface area contributed by atoms with Gasteiger partial charge in [-0.3, -0.25) is 38.4 Å². The Bertz CT molecular complexity index is 2350. The zero-order valence-electron chi connectivity index (χ0n) is 58.8. The van der Waals surface area contributed by atoms with Crippen LogP contribution in [0.3, 0.4) is 0 Å². The van der Waals surface area contributed by atoms with Gasteiger partial charge < -0.3 is 154 Å². The molecule has 3 fully saturated rings. The number of ketones is 1. The highest BCUT2D eigenvalue weighted by molar-refractivity contribution is 5.92. The van der Waals surface area contributed by atoms with Crippen molar-refractivity contribution in [2.45, 2.75) is 183 Å². The fourth-order valence-electron chi connectivity index (χ4n) is 10.4. The molecule has 3 aliphatic rings. The highest BCUT2D eigenvalue weighted by Crippen LogP contribution is 2.26. The number of hydrogen-bond acceptors (Lipinski definition) is 32. The Hall–Kier alpha value is -5.00. The van der Waals surface area contributed by atoms with Crippen LogP contribution in [0.1, 0.15) is 79.1 Å². The van der Waals surface area contributed by atoms with Gasteiger partial charge in [0.15, 0.2) is 24.7 Å². The number of rotatable bonds is 58. The molecule has 0 aliphatic carbocycles. The van der Waals surface area contributed by atoms with E-state index in [1.54, 1.807) is 0 Å². The third kappa shape index (κ3) is 37.8. The molecule has 3 aliphatic heterocycles. The monoisotopic (exact) mass is 1480 g/mol. The first kappa shape index (κ1) is 91.2. The van der Waals surface area contributed by atoms with Crippen LogP contribution in [-0.2, 0) is 109 Å². The minimum atomic E-state index is -1.46. The number of aliphatic hydroxyl groups is 9. The zero-order valence-corrected chi connectivity index (χ0v) is 58.8. The van der Waals surface area contributed by atoms with Crippen molar-refractivity contribution in [1.82, 2.24) is 37.2 Å². The minimum absolute atomic E-state index is 0.00332. The van der Waals surface area contributed by atoms with E-state index >= 15 is 0 Å². The summed E-state index contributed by atoms with van der Waals surface area (Å²) >= 11 is 0. The van der Waals surface area contributed by atoms with E-state index in [2.05, 4.69) is 37.2 Å². The first-order chi connectivity index (χ1) is 49.0. The Balaban J connectivity index is 1.33. The topological polar surface area (TPSA) is 541 Å². The molecular formula is C63H113N7O32. The maximum Gasteiger partial charge on any atom is 0.246 e. The molecule has 0 aromatic heterocycles. The highest BCUT2D eigenvalue weighted by atomic mass is 16.7. The molecule has 17 atom stereocenters. The van der Waals surface area contributed by atoms with Crippen LogP contribution >= 0.6 is 0 Å². The lowest BCUT2D eigenvalue weighted by molar-refractivity contribution is -0.272. The van der Waals surface area contributed by atoms with E-state index < -0.39 is 159 Å². The minimum Gasteiger partial charge on any atom is -0.396 e. The van der Waals surface area contributed by atoms with Crippen molar-refractivity contribution >= 4 is 47.1 Å². The summed E-state index contributed by atoms with van der Waals surface area (Å²) in [5, 5.41) is 109. The van der Waals surface area contributed by atoms with Gasteiger partial charge in [-0.1, -0.05) is 12.8 Å². The van der Waals surface area contributed by atoms with Gasteiger partial charge in [0.1, 0.15) is 92.8 Å². The summed E-state index contributed by atoms with van der Waals surface area (Å²) in [6.07, 6.45) is -12.2. The molecule has 3 rings (SSSR count). The van der Waals surface area contributed by atoms with Gasteiger partial charge in [0, 0.05) is 40.5 Å². The van der Waals surface area contributed by atoms with E-state index in [4.69, 9.17) is 71.1 Å². The van der Waals surface area contributed by atoms with Crippen LogP contribution in [0.25, 0.3) is 0 Å². The van der Waals surface area contributed by atoms with Crippen LogP contribution < -0.4 is 37.2 Å². The van der Waals surface area contributed by atoms with Crippen LogP contribution in [0, 0.1) is 0 Å². The second kappa shape index (κ2) is 54.6. The van der Waals surface area contributed by atoms with Crippen molar-refractivity contribution in [3.63, 3.8) is 0 Å². The van der Waals surface area contributed by atoms with Gasteiger partial charge in [0.2, 0.25) is 41.4 Å². The summed E-state index contributed by atoms with van der Waals surface area (Å²) < 4.78 is 82.8. The molecule has 3 heterocycles. The molecule has 592 valence electrons. The number of unbranched alkanes of at least 4 members (excludes halogenated alkanes) is 3. The van der Waals surface area contributed by atoms with E-state index in [0.717, 1.165) is 0 Å². The van der Waals surface area contributed by atoms with Gasteiger partial charge in [-0.25, -0.2) is 0 Å². The number of carbonyl (C=O) groups excluding carboxylic acids is 8. The summed E-state index contributed by atoms with van der Waals surface area (Å²) in [5.41, 5.74) is 0. The van der Waals surface area contributed by atoms with E-state index in [-0.39, 0.29) is 176 Å². The Morgan fingerprint density at radius 1 is 0.363 bits per heavy atom. The van der Waals surface area contributed by atoms with Gasteiger partial charge in [0.05, 0.1) is 144 Å². The Labute approximate surface area is 592 Å². The molecule has 102 heavy (non-hydrogen) atoms. The van der Waals surface area contributed by atoms with Crippen molar-refractivity contribution in [2.75, 3.05) is 172 Å². The van der Waals surface area contributed by atoms with Crippen LogP contribution in [0.5, 0.6) is 0 Å². The number of ether oxygens (including phenoxy) is 15. The van der Waals surface area contributed by atoms with E-state index in [1.165, 1.54) is 27.7 Å². The van der Waals surface area contributed by atoms with Crippen molar-refractivity contribution < 1.29 is 155 Å². The zero-order chi connectivity index (χ0) is 75.0. The Kier molecular flexibility index (Phi) is 48.8. The molecule has 0 spiro atoms. The highest BCUT2D eigenvalue weighted by Gasteiger charge is 2.48. The van der Waals surface area contributed by atoms with Crippen molar-refractivity contribution in [3.8, 4) is 0 Å². The summed E-state index contributed by atoms with van der Waals surface area (Å²) in [4.78, 5) is 99.6. The van der Waals surface area contributed by atoms with Crippen LogP contribution in [0.4, 0.5) is 0 Å². The first-order valence-electron chi connectivity index (χ1n) is 34.4. The molecule has 39 nitrogen and oxygen atoms in total. The Morgan fingerprint density at radius 3 is 1.03 bits per heavy atom. The lowest BCUT2D eigenvalue weighted by Gasteiger charge is -2.42. The predicted octanol–water partition coefficient (Wildman–Crippen LogP) is -8.07. The van der Waals surface area contributed by atoms with Crippen molar-refractivity contribution in [3.05, 3.63) is 0 Å². The number of nitrogens with one attached hydrogen (secondary N) is 7. The molecule has 3 saturated heterocycles. The van der Waals surface area contributed by atoms with Gasteiger partial charge >= 0.3 is 0 Å². The lowest BCUT2D eigenvalue weighted by atomic mass is 9.95. The third-order valence-electron chi connectivity index (χ3n) is 15.6. The lowest BCUT2D eigenvalue weighted by Crippen LogP contribution is -2.64. The van der Waals surface area contributed by atoms with Gasteiger partial charge in [-0.15, -0.1) is 0 Å². The maximum atomic E-state index is 13.8. The fourth-order valence-corrected chi connectivity index (χ4v) is 10.4. The average Bonchev–Trinajstić information content (AvgIpc) is 0.823. The molecule has 0 aromatic carbocycles. The molecule has 7 amide bonds. The summed E-state index contributed by atoms with van der Waals surface area (Å²) in [7, 11) is 0. The number of aliphatic hydroxyl groups excluding tert-OH is 9. The molecule has 16 N–H and O–H groups in total. The second-order valence-corrected chi connectivity index (χ2v) is 23.9. The van der Waals surface area contributed by atoms with Crippen LogP contribution in [0.2, 0.25) is 0 Å². The van der Waals surface area contributed by atoms with Gasteiger partial charge in [-0.05, 0) is 45.4 Å². The standard InChI is InChI=1S/C63H113N7O32/c1-39(74)43(10-6-5-8-13-64-48(78)36-94-25-22-88-16-19-91-28-31-97-61-51(66-40(2)75)57(84)54(81)45(100-61)12-15-71)70-60(87)44(69-50(80)38-96-27-24-90-18-21-93-30-33-99-63-53(68-42(4)77)59(86)56(83)47(35-73)102-63)11-7-9-14-65-49(79)37-95-26-23-89-17-20-92-29-32-98-62-52(67-41(3)76)58(85)55(82)46(34-72)101-62/h43-47,51-59,61-63,71-73,81-86H,5-38H2,1-4H3,(H,64,78)(H,65,79)(H,66,75)(H,67,76)(H,68,77)(H,69,80)(H,70,87)/t43?,44-,45+,46+,47+,51+,52+,53+,54-,55-,56-,57+,58+,59+,61+,62+,63+/m0/s1. The van der Waals surface area contributed by atoms with E-state index in [9.17, 15) is 84.3 Å². The molecule has 0 aromatic rings. The van der Waals surface area contributed by atoms with Crippen molar-refractivity contribution in [2.24, 2.45) is 0 Å². The molecule has 39 heteroatoms. The van der Waals surface area contributed by atoms with Gasteiger partial charge in [0.25, 0.3) is 0 Å². The molecule has 0 bridgehead atoms. The average molecular weight is 1480 g/mol. The number of Topliss-reactive ketones (excluding diaryl/α,β-unsaturated/α-hetero) is 1. The van der Waals surface area contributed by atoms with Crippen LogP contribution in [-0.4, -0.2) is 369 Å². The second-order valence-electron chi connectivity index (χ2n) is 23.9. The van der Waals surface area contributed by atoms with E-state index in [1.807, 2.05) is 0 Å². The fraction of sp³-hybridized carbons (Fsp3) is 0.873. The molecular weight excluding hydrogens is 1370 g/mol. The first-order valence-corrected chi connectivity index (χ1v) is 34.4. The predicted molar refractivity (Wildman–Crippen MR) is 349 cm³/mol. The number of amides is 7. The summed E-state index contributed by atoms with van der Waals surface area (Å²) in [6, 6.07) is -5.20. The Morgan fingerprint density at radius 2 is 0.676 bits per heavy atom. The molecule has 0 radical (unpaired) electrons. The third-order valence-corrected chi connectivity index (χ3v) is 15.6. The molecule has 0 saturated carbocycles. The smallest absolute Gasteiger partial charge is 0.246 e. The largest absolute Gasteiger partial charge is 0.396 e. The number of carbonyl (C=O) groups is 8. The molecule has 1 unspecified atom stereocenters. The van der Waals surface area contributed by atoms with Gasteiger partial charge in [-0.2, -0.15) is 0 Å². The summed E-state index contributed by atoms with van der Waals surface area (Å²) in [5.74, 6) is -3.73. The van der Waals surface area contributed by atoms with Crippen LogP contribution in [0.15, 0.2) is 0 Å². The quantitative estimate of drug-likeness (QED) is 0.0252.